The summed E-state index contributed by atoms with van der Waals surface area (Å²) in [5.41, 5.74) is 4.66. The zero-order chi connectivity index (χ0) is 32.5. The van der Waals surface area contributed by atoms with Gasteiger partial charge in [0.15, 0.2) is 0 Å². The summed E-state index contributed by atoms with van der Waals surface area (Å²) in [6.45, 7) is 13.5. The minimum Gasteiger partial charge on any atom is -0.444 e. The number of halogens is 1. The summed E-state index contributed by atoms with van der Waals surface area (Å²) in [7, 11) is 0. The van der Waals surface area contributed by atoms with Gasteiger partial charge >= 0.3 is 12.2 Å². The van der Waals surface area contributed by atoms with Crippen molar-refractivity contribution in [1.82, 2.24) is 9.80 Å². The van der Waals surface area contributed by atoms with E-state index in [1.165, 1.54) is 11.6 Å². The monoisotopic (exact) mass is 617 g/mol. The molecule has 0 radical (unpaired) electrons. The molecule has 3 aliphatic heterocycles. The average molecular weight is 618 g/mol. The highest BCUT2D eigenvalue weighted by Gasteiger charge is 2.28. The van der Waals surface area contributed by atoms with Crippen LogP contribution in [0.15, 0.2) is 48.6 Å². The van der Waals surface area contributed by atoms with Gasteiger partial charge < -0.3 is 24.2 Å². The zero-order valence-corrected chi connectivity index (χ0v) is 27.2. The van der Waals surface area contributed by atoms with E-state index >= 15 is 4.39 Å². The average Bonchev–Trinajstić information content (AvgIpc) is 2.98. The summed E-state index contributed by atoms with van der Waals surface area (Å²) in [4.78, 5) is 43.5. The van der Waals surface area contributed by atoms with Gasteiger partial charge in [-0.05, 0) is 114 Å². The number of hydrogen-bond acceptors (Lipinski definition) is 5. The lowest BCUT2D eigenvalue weighted by molar-refractivity contribution is 0.0260. The number of fused-ring (bicyclic) bond motifs is 1. The van der Waals surface area contributed by atoms with Gasteiger partial charge in [-0.3, -0.25) is 4.79 Å². The van der Waals surface area contributed by atoms with Crippen molar-refractivity contribution in [2.75, 3.05) is 37.6 Å². The van der Waals surface area contributed by atoms with E-state index < -0.39 is 17.0 Å². The highest BCUT2D eigenvalue weighted by molar-refractivity contribution is 6.07. The van der Waals surface area contributed by atoms with Gasteiger partial charge in [0.25, 0.3) is 5.91 Å². The first-order chi connectivity index (χ1) is 21.2. The van der Waals surface area contributed by atoms with Gasteiger partial charge in [-0.2, -0.15) is 0 Å². The predicted molar refractivity (Wildman–Crippen MR) is 174 cm³/mol. The molecule has 5 rings (SSSR count). The molecule has 0 fully saturated rings. The molecular formula is C36H44FN3O5. The van der Waals surface area contributed by atoms with E-state index in [9.17, 15) is 14.4 Å². The number of hydrogen-bond donors (Lipinski definition) is 0. The fourth-order valence-electron chi connectivity index (χ4n) is 5.90. The minimum atomic E-state index is -0.577. The summed E-state index contributed by atoms with van der Waals surface area (Å²) < 4.78 is 26.4. The van der Waals surface area contributed by atoms with Crippen molar-refractivity contribution in [1.29, 1.82) is 0 Å². The Balaban J connectivity index is 1.26. The molecule has 0 atom stereocenters. The van der Waals surface area contributed by atoms with Crippen LogP contribution in [0.25, 0.3) is 11.1 Å². The summed E-state index contributed by atoms with van der Waals surface area (Å²) in [5.74, 6) is -0.678. The molecule has 45 heavy (non-hydrogen) atoms. The number of amides is 3. The van der Waals surface area contributed by atoms with E-state index in [-0.39, 0.29) is 18.1 Å². The van der Waals surface area contributed by atoms with Crippen molar-refractivity contribution in [3.63, 3.8) is 0 Å². The highest BCUT2D eigenvalue weighted by atomic mass is 19.1. The van der Waals surface area contributed by atoms with Crippen LogP contribution < -0.4 is 4.90 Å². The van der Waals surface area contributed by atoms with Crippen LogP contribution in [0.3, 0.4) is 0 Å². The van der Waals surface area contributed by atoms with Crippen LogP contribution in [0.5, 0.6) is 0 Å². The van der Waals surface area contributed by atoms with E-state index in [0.29, 0.717) is 50.3 Å². The Labute approximate surface area is 265 Å². The molecule has 0 unspecified atom stereocenters. The molecule has 0 spiro atoms. The number of nitrogens with zero attached hydrogens (tertiary/aromatic N) is 3. The van der Waals surface area contributed by atoms with Gasteiger partial charge in [0, 0.05) is 49.5 Å². The van der Waals surface area contributed by atoms with Gasteiger partial charge in [0.1, 0.15) is 17.0 Å². The Hall–Kier alpha value is -4.14. The second-order valence-electron chi connectivity index (χ2n) is 13.9. The van der Waals surface area contributed by atoms with Crippen molar-refractivity contribution in [2.45, 2.75) is 78.4 Å². The zero-order valence-electron chi connectivity index (χ0n) is 27.2. The molecule has 0 aromatic heterocycles. The van der Waals surface area contributed by atoms with Gasteiger partial charge in [0.2, 0.25) is 0 Å². The van der Waals surface area contributed by atoms with Crippen LogP contribution in [0, 0.1) is 5.82 Å². The van der Waals surface area contributed by atoms with Crippen molar-refractivity contribution in [3.05, 3.63) is 76.6 Å². The predicted octanol–water partition coefficient (Wildman–Crippen LogP) is 7.47. The van der Waals surface area contributed by atoms with E-state index in [0.717, 1.165) is 41.6 Å². The molecule has 3 aliphatic rings. The lowest BCUT2D eigenvalue weighted by atomic mass is 9.93. The molecule has 9 heteroatoms. The van der Waals surface area contributed by atoms with E-state index in [2.05, 4.69) is 12.1 Å². The van der Waals surface area contributed by atoms with Crippen molar-refractivity contribution in [3.8, 4) is 0 Å². The molecule has 2 aromatic carbocycles. The Bertz CT molecular complexity index is 1550. The number of aryl methyl sites for hydroxylation is 1. The van der Waals surface area contributed by atoms with Crippen molar-refractivity contribution >= 4 is 34.9 Å². The second kappa shape index (κ2) is 12.7. The smallest absolute Gasteiger partial charge is 0.410 e. The molecule has 240 valence electrons. The highest BCUT2D eigenvalue weighted by Crippen LogP contribution is 2.34. The summed E-state index contributed by atoms with van der Waals surface area (Å²) in [6.07, 6.45) is 6.13. The van der Waals surface area contributed by atoms with Crippen LogP contribution >= 0.6 is 0 Å². The Morgan fingerprint density at radius 1 is 0.733 bits per heavy atom. The lowest BCUT2D eigenvalue weighted by Gasteiger charge is -2.32. The first kappa shape index (κ1) is 32.3. The molecule has 2 aromatic rings. The standard InChI is InChI=1S/C36H44FN3O5/c1-35(2,3)44-33(42)38-18-13-24(14-19-38)26-10-12-31-27(22-26)8-7-17-40(31)32(41)28-9-11-29(30(37)23-28)25-15-20-39(21-16-25)34(43)45-36(4,5)6/h9-13,15,22-23H,7-8,14,16-21H2,1-6H3. The molecule has 0 saturated carbocycles. The molecule has 8 nitrogen and oxygen atoms in total. The first-order valence-electron chi connectivity index (χ1n) is 15.8. The largest absolute Gasteiger partial charge is 0.444 e. The molecule has 3 heterocycles. The summed E-state index contributed by atoms with van der Waals surface area (Å²) in [5, 5.41) is 0. The number of rotatable bonds is 3. The molecule has 0 aliphatic carbocycles. The maximum Gasteiger partial charge on any atom is 0.410 e. The summed E-state index contributed by atoms with van der Waals surface area (Å²) >= 11 is 0. The van der Waals surface area contributed by atoms with Crippen molar-refractivity contribution < 1.29 is 28.2 Å². The van der Waals surface area contributed by atoms with Gasteiger partial charge in [-0.25, -0.2) is 14.0 Å². The van der Waals surface area contributed by atoms with Crippen LogP contribution in [-0.4, -0.2) is 71.8 Å². The Morgan fingerprint density at radius 2 is 1.33 bits per heavy atom. The maximum absolute atomic E-state index is 15.4. The molecule has 0 bridgehead atoms. The van der Waals surface area contributed by atoms with E-state index in [1.807, 2.05) is 59.8 Å². The number of ether oxygens (including phenoxy) is 2. The quantitative estimate of drug-likeness (QED) is 0.357. The van der Waals surface area contributed by atoms with Gasteiger partial charge in [-0.15, -0.1) is 0 Å². The third-order valence-corrected chi connectivity index (χ3v) is 8.10. The van der Waals surface area contributed by atoms with Crippen LogP contribution in [0.4, 0.5) is 19.7 Å². The van der Waals surface area contributed by atoms with Gasteiger partial charge in [0.05, 0.1) is 0 Å². The number of carbonyl (C=O) groups is 3. The third kappa shape index (κ3) is 7.75. The molecule has 0 saturated heterocycles. The minimum absolute atomic E-state index is 0.229. The fourth-order valence-corrected chi connectivity index (χ4v) is 5.90. The lowest BCUT2D eigenvalue weighted by Crippen LogP contribution is -2.39. The molecule has 0 N–H and O–H groups in total. The molecular weight excluding hydrogens is 573 g/mol. The molecule has 3 amide bonds. The number of benzene rings is 2. The fraction of sp³-hybridized carbons (Fsp3) is 0.472. The maximum atomic E-state index is 15.4. The van der Waals surface area contributed by atoms with Crippen molar-refractivity contribution in [2.24, 2.45) is 0 Å². The third-order valence-electron chi connectivity index (χ3n) is 8.10. The van der Waals surface area contributed by atoms with Gasteiger partial charge in [-0.1, -0.05) is 24.3 Å². The normalized spacial score (nSPS) is 17.3. The second-order valence-corrected chi connectivity index (χ2v) is 13.9. The van der Waals surface area contributed by atoms with E-state index in [4.69, 9.17) is 9.47 Å². The summed E-state index contributed by atoms with van der Waals surface area (Å²) in [6, 6.07) is 10.8. The SMILES string of the molecule is CC(C)(C)OC(=O)N1CC=C(c2ccc3c(c2)CCCN3C(=O)c2ccc(C3=CCN(C(=O)OC(C)(C)C)CC3)c(F)c2)CC1. The van der Waals surface area contributed by atoms with E-state index in [1.54, 1.807) is 26.8 Å². The number of carbonyl (C=O) groups excluding carboxylic acids is 3. The van der Waals surface area contributed by atoms with Crippen LogP contribution in [0.2, 0.25) is 0 Å². The number of anilines is 1. The Morgan fingerprint density at radius 3 is 1.87 bits per heavy atom. The van der Waals surface area contributed by atoms with Crippen LogP contribution in [0.1, 0.15) is 87.9 Å². The first-order valence-corrected chi connectivity index (χ1v) is 15.8. The Kier molecular flexibility index (Phi) is 9.10. The topological polar surface area (TPSA) is 79.4 Å². The van der Waals surface area contributed by atoms with Crippen LogP contribution in [-0.2, 0) is 15.9 Å².